The summed E-state index contributed by atoms with van der Waals surface area (Å²) in [5, 5.41) is 3.62. The predicted octanol–water partition coefficient (Wildman–Crippen LogP) is 2.90. The molecule has 0 aliphatic rings. The molecule has 0 bridgehead atoms. The van der Waals surface area contributed by atoms with Crippen molar-refractivity contribution in [3.05, 3.63) is 47.2 Å². The Morgan fingerprint density at radius 1 is 1.35 bits per heavy atom. The molecule has 0 amide bonds. The average molecular weight is 248 g/mol. The lowest BCUT2D eigenvalue weighted by molar-refractivity contribution is 1.07. The lowest BCUT2D eigenvalue weighted by atomic mass is 10.0. The van der Waals surface area contributed by atoms with Gasteiger partial charge >= 0.3 is 0 Å². The summed E-state index contributed by atoms with van der Waals surface area (Å²) in [5.41, 5.74) is 9.77. The molecular formula is C13H14ClN3. The van der Waals surface area contributed by atoms with Crippen LogP contribution < -0.4 is 11.1 Å². The molecule has 88 valence electrons. The first kappa shape index (κ1) is 11.9. The van der Waals surface area contributed by atoms with E-state index in [1.54, 1.807) is 6.20 Å². The summed E-state index contributed by atoms with van der Waals surface area (Å²) in [6.07, 6.45) is 1.68. The Morgan fingerprint density at radius 2 is 2.18 bits per heavy atom. The lowest BCUT2D eigenvalue weighted by Crippen LogP contribution is -2.02. The van der Waals surface area contributed by atoms with Crippen LogP contribution in [0, 0.1) is 0 Å². The summed E-state index contributed by atoms with van der Waals surface area (Å²) in [5.74, 6) is 0. The van der Waals surface area contributed by atoms with Crippen molar-refractivity contribution in [2.24, 2.45) is 5.73 Å². The molecule has 0 spiro atoms. The Labute approximate surface area is 106 Å². The van der Waals surface area contributed by atoms with Crippen molar-refractivity contribution in [2.45, 2.75) is 6.54 Å². The summed E-state index contributed by atoms with van der Waals surface area (Å²) < 4.78 is 0. The lowest BCUT2D eigenvalue weighted by Gasteiger charge is -2.10. The molecule has 1 aromatic carbocycles. The maximum Gasteiger partial charge on any atom is 0.136 e. The van der Waals surface area contributed by atoms with Gasteiger partial charge in [-0.1, -0.05) is 17.7 Å². The van der Waals surface area contributed by atoms with Crippen molar-refractivity contribution in [2.75, 3.05) is 12.4 Å². The fraction of sp³-hybridized carbons (Fsp3) is 0.154. The van der Waals surface area contributed by atoms with Gasteiger partial charge in [-0.3, -0.25) is 0 Å². The van der Waals surface area contributed by atoms with Crippen molar-refractivity contribution in [3.63, 3.8) is 0 Å². The fourth-order valence-corrected chi connectivity index (χ4v) is 2.00. The third-order valence-corrected chi connectivity index (χ3v) is 2.97. The molecular weight excluding hydrogens is 234 g/mol. The zero-order valence-corrected chi connectivity index (χ0v) is 10.3. The summed E-state index contributed by atoms with van der Waals surface area (Å²) in [7, 11) is 1.88. The molecule has 17 heavy (non-hydrogen) atoms. The van der Waals surface area contributed by atoms with E-state index in [-0.39, 0.29) is 0 Å². The summed E-state index contributed by atoms with van der Waals surface area (Å²) in [4.78, 5) is 4.07. The van der Waals surface area contributed by atoms with E-state index in [9.17, 15) is 0 Å². The van der Waals surface area contributed by atoms with E-state index in [1.165, 1.54) is 0 Å². The molecule has 0 saturated heterocycles. The predicted molar refractivity (Wildman–Crippen MR) is 72.1 cm³/mol. The minimum absolute atomic E-state index is 0.488. The van der Waals surface area contributed by atoms with E-state index >= 15 is 0 Å². The Balaban J connectivity index is 2.50. The molecule has 3 N–H and O–H groups in total. The SMILES string of the molecule is CNc1ccc(-c2cccnc2Cl)cc1CN. The molecule has 2 aromatic rings. The number of pyridine rings is 1. The molecule has 0 aliphatic carbocycles. The second-order valence-electron chi connectivity index (χ2n) is 3.67. The van der Waals surface area contributed by atoms with Gasteiger partial charge in [-0.2, -0.15) is 0 Å². The Hall–Kier alpha value is -1.58. The largest absolute Gasteiger partial charge is 0.388 e. The average Bonchev–Trinajstić information content (AvgIpc) is 2.38. The number of halogens is 1. The minimum Gasteiger partial charge on any atom is -0.388 e. The Bertz CT molecular complexity index is 526. The normalized spacial score (nSPS) is 10.3. The van der Waals surface area contributed by atoms with Crippen LogP contribution in [0.3, 0.4) is 0 Å². The van der Waals surface area contributed by atoms with E-state index in [1.807, 2.05) is 37.4 Å². The first-order chi connectivity index (χ1) is 8.26. The number of rotatable bonds is 3. The molecule has 2 rings (SSSR count). The molecule has 4 heteroatoms. The number of nitrogens with one attached hydrogen (secondary N) is 1. The Morgan fingerprint density at radius 3 is 2.82 bits per heavy atom. The van der Waals surface area contributed by atoms with Crippen molar-refractivity contribution in [1.82, 2.24) is 4.98 Å². The molecule has 0 saturated carbocycles. The van der Waals surface area contributed by atoms with Gasteiger partial charge in [-0.15, -0.1) is 0 Å². The van der Waals surface area contributed by atoms with Crippen LogP contribution in [-0.4, -0.2) is 12.0 Å². The van der Waals surface area contributed by atoms with Crippen LogP contribution in [-0.2, 0) is 6.54 Å². The maximum atomic E-state index is 6.07. The summed E-state index contributed by atoms with van der Waals surface area (Å²) >= 11 is 6.07. The van der Waals surface area contributed by atoms with Crippen molar-refractivity contribution in [1.29, 1.82) is 0 Å². The van der Waals surface area contributed by atoms with E-state index in [2.05, 4.69) is 10.3 Å². The number of hydrogen-bond acceptors (Lipinski definition) is 3. The highest BCUT2D eigenvalue weighted by Crippen LogP contribution is 2.28. The monoisotopic (exact) mass is 247 g/mol. The van der Waals surface area contributed by atoms with Crippen LogP contribution >= 0.6 is 11.6 Å². The van der Waals surface area contributed by atoms with Gasteiger partial charge in [0, 0.05) is 31.0 Å². The zero-order valence-electron chi connectivity index (χ0n) is 9.57. The first-order valence-corrected chi connectivity index (χ1v) is 5.75. The third kappa shape index (κ3) is 2.40. The van der Waals surface area contributed by atoms with Crippen molar-refractivity contribution < 1.29 is 0 Å². The van der Waals surface area contributed by atoms with Gasteiger partial charge in [-0.05, 0) is 35.4 Å². The molecule has 1 heterocycles. The highest BCUT2D eigenvalue weighted by atomic mass is 35.5. The molecule has 3 nitrogen and oxygen atoms in total. The molecule has 1 aromatic heterocycles. The highest BCUT2D eigenvalue weighted by Gasteiger charge is 2.06. The van der Waals surface area contributed by atoms with Crippen LogP contribution in [0.4, 0.5) is 5.69 Å². The van der Waals surface area contributed by atoms with Gasteiger partial charge in [0.1, 0.15) is 5.15 Å². The van der Waals surface area contributed by atoms with Crippen LogP contribution in [0.1, 0.15) is 5.56 Å². The van der Waals surface area contributed by atoms with Gasteiger partial charge in [0.15, 0.2) is 0 Å². The van der Waals surface area contributed by atoms with Gasteiger partial charge in [0.05, 0.1) is 0 Å². The second kappa shape index (κ2) is 5.17. The highest BCUT2D eigenvalue weighted by molar-refractivity contribution is 6.32. The molecule has 0 fully saturated rings. The maximum absolute atomic E-state index is 6.07. The van der Waals surface area contributed by atoms with Crippen LogP contribution in [0.15, 0.2) is 36.5 Å². The number of benzene rings is 1. The zero-order chi connectivity index (χ0) is 12.3. The van der Waals surface area contributed by atoms with Crippen molar-refractivity contribution >= 4 is 17.3 Å². The number of nitrogens with zero attached hydrogens (tertiary/aromatic N) is 1. The smallest absolute Gasteiger partial charge is 0.136 e. The number of anilines is 1. The molecule has 0 atom stereocenters. The topological polar surface area (TPSA) is 50.9 Å². The minimum atomic E-state index is 0.488. The van der Waals surface area contributed by atoms with Crippen LogP contribution in [0.5, 0.6) is 0 Å². The second-order valence-corrected chi connectivity index (χ2v) is 4.03. The number of aromatic nitrogens is 1. The Kier molecular flexibility index (Phi) is 3.61. The van der Waals surface area contributed by atoms with E-state index in [4.69, 9.17) is 17.3 Å². The van der Waals surface area contributed by atoms with Crippen molar-refractivity contribution in [3.8, 4) is 11.1 Å². The third-order valence-electron chi connectivity index (χ3n) is 2.66. The molecule has 0 unspecified atom stereocenters. The number of nitrogens with two attached hydrogens (primary N) is 1. The van der Waals surface area contributed by atoms with Crippen LogP contribution in [0.25, 0.3) is 11.1 Å². The fourth-order valence-electron chi connectivity index (χ4n) is 1.78. The number of hydrogen-bond donors (Lipinski definition) is 2. The molecule has 0 aliphatic heterocycles. The van der Waals surface area contributed by atoms with E-state index < -0.39 is 0 Å². The van der Waals surface area contributed by atoms with Gasteiger partial charge in [0.25, 0.3) is 0 Å². The first-order valence-electron chi connectivity index (χ1n) is 5.38. The summed E-state index contributed by atoms with van der Waals surface area (Å²) in [6.45, 7) is 0.488. The molecule has 0 radical (unpaired) electrons. The van der Waals surface area contributed by atoms with E-state index in [0.717, 1.165) is 22.4 Å². The van der Waals surface area contributed by atoms with Gasteiger partial charge in [0.2, 0.25) is 0 Å². The quantitative estimate of drug-likeness (QED) is 0.820. The standard InChI is InChI=1S/C13H14ClN3/c1-16-12-5-4-9(7-10(12)8-15)11-3-2-6-17-13(11)14/h2-7,16H,8,15H2,1H3. The van der Waals surface area contributed by atoms with Crippen LogP contribution in [0.2, 0.25) is 5.15 Å². The van der Waals surface area contributed by atoms with Gasteiger partial charge in [-0.25, -0.2) is 4.98 Å². The summed E-state index contributed by atoms with van der Waals surface area (Å²) in [6, 6.07) is 9.86. The van der Waals surface area contributed by atoms with E-state index in [0.29, 0.717) is 11.7 Å². The van der Waals surface area contributed by atoms with Gasteiger partial charge < -0.3 is 11.1 Å².